The van der Waals surface area contributed by atoms with Gasteiger partial charge in [0.25, 0.3) is 0 Å². The molecule has 0 aliphatic rings. The molecule has 3 aromatic rings. The summed E-state index contributed by atoms with van der Waals surface area (Å²) in [4.78, 5) is 34.0. The lowest BCUT2D eigenvalue weighted by molar-refractivity contribution is -0.263. The Balaban J connectivity index is 1.75. The number of hydrogen-bond acceptors (Lipinski definition) is 9. The van der Waals surface area contributed by atoms with Gasteiger partial charge in [-0.25, -0.2) is 0 Å². The van der Waals surface area contributed by atoms with Crippen LogP contribution in [-0.4, -0.2) is 28.7 Å². The molecule has 0 radical (unpaired) electrons. The lowest BCUT2D eigenvalue weighted by atomic mass is 10.0. The lowest BCUT2D eigenvalue weighted by Gasteiger charge is -2.18. The summed E-state index contributed by atoms with van der Waals surface area (Å²) in [7, 11) is 2.81. The number of hydrogen-bond donors (Lipinski definition) is 0. The van der Waals surface area contributed by atoms with Crippen LogP contribution in [0, 0.1) is 0 Å². The van der Waals surface area contributed by atoms with E-state index in [1.54, 1.807) is 0 Å². The second-order valence-corrected chi connectivity index (χ2v) is 17.0. The fourth-order valence-electron chi connectivity index (χ4n) is 7.16. The molecule has 0 fully saturated rings. The minimum atomic E-state index is -1.78. The van der Waals surface area contributed by atoms with E-state index in [2.05, 4.69) is 20.8 Å². The van der Waals surface area contributed by atoms with Crippen molar-refractivity contribution in [3.63, 3.8) is 0 Å². The van der Waals surface area contributed by atoms with Crippen molar-refractivity contribution in [1.82, 2.24) is 0 Å². The van der Waals surface area contributed by atoms with Gasteiger partial charge in [0.15, 0.2) is 17.2 Å². The van der Waals surface area contributed by atoms with E-state index in [1.165, 1.54) is 118 Å². The number of rotatable bonds is 36. The zero-order valence-corrected chi connectivity index (χ0v) is 40.1. The van der Waals surface area contributed by atoms with Gasteiger partial charge in [0.1, 0.15) is 0 Å². The summed E-state index contributed by atoms with van der Waals surface area (Å²) in [5, 5.41) is 0.834. The maximum Gasteiger partial charge on any atom is 0.754 e. The van der Waals surface area contributed by atoms with Crippen LogP contribution in [0.4, 0.5) is 0 Å². The number of unbranched alkanes of at least 4 members (excludes halogenated alkanes) is 18. The number of benzene rings is 3. The highest BCUT2D eigenvalue weighted by atomic mass is 35.5. The Labute approximate surface area is 382 Å². The zero-order chi connectivity index (χ0) is 44.1. The second-order valence-electron chi connectivity index (χ2n) is 15.8. The van der Waals surface area contributed by atoms with Gasteiger partial charge in [-0.3, -0.25) is 0 Å². The Hall–Kier alpha value is -2.73. The first-order valence-electron chi connectivity index (χ1n) is 22.9. The van der Waals surface area contributed by atoms with Crippen molar-refractivity contribution in [3.8, 4) is 34.5 Å². The van der Waals surface area contributed by atoms with Gasteiger partial charge in [-0.1, -0.05) is 171 Å². The second kappa shape index (κ2) is 32.0. The van der Waals surface area contributed by atoms with Crippen LogP contribution in [0.1, 0.15) is 172 Å². The molecule has 0 saturated heterocycles. The Bertz CT molecular complexity index is 1460. The summed E-state index contributed by atoms with van der Waals surface area (Å²) >= 11 is 20.2. The van der Waals surface area contributed by atoms with Gasteiger partial charge < -0.3 is 28.9 Å². The van der Waals surface area contributed by atoms with Crippen LogP contribution < -0.4 is 28.9 Å². The number of ether oxygens (including phenoxy) is 3. The standard InChI is InChI=1S/C48H72BCl3O9/c1-7-10-13-16-19-22-25-28-37-31-40(50)46(43(34-37)53-4)56-59-49(60-57-47-41(51)32-38(35-44(47)54-5)29-26-23-20-17-14-11-8-2)61-58-48-42(52)33-39(36-45(48)55-6)30-27-24-21-18-15-12-9-3/h31-36H,7-30H2,1-6H3. The molecule has 0 N–H and O–H groups in total. The van der Waals surface area contributed by atoms with Crippen molar-refractivity contribution in [3.05, 3.63) is 68.2 Å². The van der Waals surface area contributed by atoms with Crippen molar-refractivity contribution in [1.29, 1.82) is 0 Å². The van der Waals surface area contributed by atoms with E-state index in [-0.39, 0.29) is 32.3 Å². The lowest BCUT2D eigenvalue weighted by Crippen LogP contribution is -2.32. The molecule has 0 aromatic heterocycles. The van der Waals surface area contributed by atoms with Gasteiger partial charge in [0.05, 0.1) is 36.4 Å². The van der Waals surface area contributed by atoms with E-state index in [0.717, 1.165) is 74.5 Å². The predicted molar refractivity (Wildman–Crippen MR) is 250 cm³/mol. The molecule has 13 heteroatoms. The van der Waals surface area contributed by atoms with Crippen LogP contribution in [0.25, 0.3) is 0 Å². The molecule has 0 aliphatic heterocycles. The van der Waals surface area contributed by atoms with E-state index in [4.69, 9.17) is 78.1 Å². The van der Waals surface area contributed by atoms with Crippen molar-refractivity contribution >= 4 is 42.1 Å². The topological polar surface area (TPSA) is 83.1 Å². The van der Waals surface area contributed by atoms with E-state index in [0.29, 0.717) is 17.2 Å². The fourth-order valence-corrected chi connectivity index (χ4v) is 7.96. The Morgan fingerprint density at radius 3 is 0.852 bits per heavy atom. The molecule has 342 valence electrons. The third-order valence-corrected chi connectivity index (χ3v) is 11.5. The van der Waals surface area contributed by atoms with Gasteiger partial charge in [-0.2, -0.15) is 14.4 Å². The van der Waals surface area contributed by atoms with Crippen LogP contribution in [0.5, 0.6) is 34.5 Å². The molecule has 0 amide bonds. The normalized spacial score (nSPS) is 11.2. The molecule has 0 spiro atoms. The summed E-state index contributed by atoms with van der Waals surface area (Å²) in [6.45, 7) is 6.69. The van der Waals surface area contributed by atoms with Gasteiger partial charge in [-0.05, 0) is 91.6 Å². The molecule has 9 nitrogen and oxygen atoms in total. The molecular weight excluding hydrogens is 838 g/mol. The van der Waals surface area contributed by atoms with E-state index >= 15 is 0 Å². The summed E-state index contributed by atoms with van der Waals surface area (Å²) in [5.41, 5.74) is 3.06. The largest absolute Gasteiger partial charge is 0.754 e. The highest BCUT2D eigenvalue weighted by Gasteiger charge is 2.33. The number of aryl methyl sites for hydroxylation is 3. The first kappa shape index (κ1) is 52.6. The van der Waals surface area contributed by atoms with Gasteiger partial charge in [0, 0.05) is 0 Å². The molecule has 0 bridgehead atoms. The molecule has 0 unspecified atom stereocenters. The third kappa shape index (κ3) is 20.1. The van der Waals surface area contributed by atoms with Gasteiger partial charge >= 0.3 is 7.32 Å². The van der Waals surface area contributed by atoms with Crippen molar-refractivity contribution in [2.75, 3.05) is 21.3 Å². The molecular formula is C48H72BCl3O9. The van der Waals surface area contributed by atoms with Crippen LogP contribution >= 0.6 is 34.8 Å². The minimum Gasteiger partial charge on any atom is -0.493 e. The highest BCUT2D eigenvalue weighted by Crippen LogP contribution is 2.40. The quantitative estimate of drug-likeness (QED) is 0.0245. The van der Waals surface area contributed by atoms with Crippen molar-refractivity contribution in [2.45, 2.75) is 175 Å². The highest BCUT2D eigenvalue weighted by molar-refractivity contribution is 6.36. The predicted octanol–water partition coefficient (Wildman–Crippen LogP) is 15.9. The first-order valence-corrected chi connectivity index (χ1v) is 24.0. The average Bonchev–Trinajstić information content (AvgIpc) is 3.25. The molecule has 3 rings (SSSR count). The fraction of sp³-hybridized carbons (Fsp3) is 0.625. The average molecular weight is 910 g/mol. The number of halogens is 3. The van der Waals surface area contributed by atoms with Crippen molar-refractivity contribution in [2.24, 2.45) is 0 Å². The first-order chi connectivity index (χ1) is 29.8. The molecule has 0 saturated carbocycles. The van der Waals surface area contributed by atoms with Crippen LogP contribution in [0.15, 0.2) is 36.4 Å². The zero-order valence-electron chi connectivity index (χ0n) is 37.8. The Kier molecular flexibility index (Phi) is 27.6. The van der Waals surface area contributed by atoms with Gasteiger partial charge in [-0.15, -0.1) is 0 Å². The SMILES string of the molecule is CCCCCCCCCc1cc(Cl)c(OOB(OOc2c(Cl)cc(CCCCCCCCC)cc2OC)OOc2c(Cl)cc(CCCCCCCCC)cc2OC)c(OC)c1. The summed E-state index contributed by atoms with van der Waals surface area (Å²) in [6, 6.07) is 11.1. The maximum absolute atomic E-state index is 6.74. The smallest absolute Gasteiger partial charge is 0.493 e. The molecule has 0 aliphatic carbocycles. The molecule has 0 atom stereocenters. The molecule has 3 aromatic carbocycles. The maximum atomic E-state index is 6.74. The summed E-state index contributed by atoms with van der Waals surface area (Å²) < 4.78 is 17.0. The van der Waals surface area contributed by atoms with E-state index in [9.17, 15) is 0 Å². The van der Waals surface area contributed by atoms with E-state index < -0.39 is 7.32 Å². The molecule has 0 heterocycles. The Morgan fingerprint density at radius 2 is 0.607 bits per heavy atom. The monoisotopic (exact) mass is 908 g/mol. The van der Waals surface area contributed by atoms with Crippen molar-refractivity contribution < 1.29 is 43.3 Å². The number of methoxy groups -OCH3 is 3. The van der Waals surface area contributed by atoms with Crippen LogP contribution in [0.2, 0.25) is 15.1 Å². The van der Waals surface area contributed by atoms with Gasteiger partial charge in [0.2, 0.25) is 17.2 Å². The Morgan fingerprint density at radius 1 is 0.361 bits per heavy atom. The molecule has 61 heavy (non-hydrogen) atoms. The minimum absolute atomic E-state index is 0.111. The third-order valence-electron chi connectivity index (χ3n) is 10.7. The van der Waals surface area contributed by atoms with Crippen LogP contribution in [0.3, 0.4) is 0 Å². The summed E-state index contributed by atoms with van der Waals surface area (Å²) in [5.74, 6) is 1.44. The van der Waals surface area contributed by atoms with E-state index in [1.807, 2.05) is 36.4 Å². The van der Waals surface area contributed by atoms with Crippen LogP contribution in [-0.2, 0) is 33.7 Å². The summed E-state index contributed by atoms with van der Waals surface area (Å²) in [6.07, 6.45) is 28.0.